The minimum Gasteiger partial charge on any atom is -0.458 e. The average molecular weight is 395 g/mol. The molecule has 0 aliphatic rings. The summed E-state index contributed by atoms with van der Waals surface area (Å²) in [6.07, 6.45) is 0.154. The van der Waals surface area contributed by atoms with Crippen molar-refractivity contribution in [3.05, 3.63) is 41.6 Å². The molecule has 0 aliphatic heterocycles. The molecular formula is C21H28F3N3O. The maximum Gasteiger partial charge on any atom is 0.421 e. The van der Waals surface area contributed by atoms with Crippen LogP contribution in [0.1, 0.15) is 58.1 Å². The van der Waals surface area contributed by atoms with Crippen LogP contribution in [0.5, 0.6) is 6.01 Å². The van der Waals surface area contributed by atoms with Crippen molar-refractivity contribution < 1.29 is 17.9 Å². The molecule has 0 atom stereocenters. The second-order valence-electron chi connectivity index (χ2n) is 7.75. The Balaban J connectivity index is 2.48. The molecule has 0 fully saturated rings. The van der Waals surface area contributed by atoms with Crippen molar-refractivity contribution in [2.45, 2.75) is 65.2 Å². The third kappa shape index (κ3) is 5.84. The Kier molecular flexibility index (Phi) is 6.91. The van der Waals surface area contributed by atoms with E-state index in [1.807, 2.05) is 24.3 Å². The van der Waals surface area contributed by atoms with Gasteiger partial charge in [0.05, 0.1) is 0 Å². The second-order valence-corrected chi connectivity index (χ2v) is 7.75. The van der Waals surface area contributed by atoms with Crippen LogP contribution < -0.4 is 9.64 Å². The Morgan fingerprint density at radius 1 is 1.07 bits per heavy atom. The molecular weight excluding hydrogens is 367 g/mol. The fourth-order valence-electron chi connectivity index (χ4n) is 2.86. The van der Waals surface area contributed by atoms with Gasteiger partial charge in [0.25, 0.3) is 0 Å². The van der Waals surface area contributed by atoms with Crippen LogP contribution in [0.15, 0.2) is 30.5 Å². The molecule has 28 heavy (non-hydrogen) atoms. The lowest BCUT2D eigenvalue weighted by molar-refractivity contribution is -0.137. The number of halogens is 3. The Bertz CT molecular complexity index is 785. The lowest BCUT2D eigenvalue weighted by atomic mass is 10.0. The SMILES string of the molecule is CCCCCc1ccccc1N(C)c1nc(OC(C)(C)C)ncc1C(F)(F)F. The number of nitrogens with zero attached hydrogens (tertiary/aromatic N) is 3. The van der Waals surface area contributed by atoms with Gasteiger partial charge in [-0.3, -0.25) is 0 Å². The minimum absolute atomic E-state index is 0.0779. The molecule has 0 amide bonds. The Hall–Kier alpha value is -2.31. The molecule has 0 unspecified atom stereocenters. The standard InChI is InChI=1S/C21H28F3N3O/c1-6-7-8-11-15-12-9-10-13-17(15)27(5)18-16(21(22,23)24)14-25-19(26-18)28-20(2,3)4/h9-10,12-14H,6-8,11H2,1-5H3. The molecule has 1 aromatic carbocycles. The van der Waals surface area contributed by atoms with Gasteiger partial charge >= 0.3 is 12.2 Å². The van der Waals surface area contributed by atoms with Gasteiger partial charge < -0.3 is 9.64 Å². The van der Waals surface area contributed by atoms with Crippen molar-refractivity contribution in [1.82, 2.24) is 9.97 Å². The predicted octanol–water partition coefficient (Wildman–Crippen LogP) is 6.17. The summed E-state index contributed by atoms with van der Waals surface area (Å²) < 4.78 is 46.4. The van der Waals surface area contributed by atoms with Crippen LogP contribution in [0.2, 0.25) is 0 Å². The van der Waals surface area contributed by atoms with E-state index in [0.717, 1.165) is 37.4 Å². The predicted molar refractivity (Wildman–Crippen MR) is 105 cm³/mol. The summed E-state index contributed by atoms with van der Waals surface area (Å²) in [6, 6.07) is 7.40. The van der Waals surface area contributed by atoms with E-state index in [1.54, 1.807) is 27.8 Å². The number of aromatic nitrogens is 2. The van der Waals surface area contributed by atoms with Gasteiger partial charge in [0, 0.05) is 18.9 Å². The Morgan fingerprint density at radius 3 is 2.36 bits per heavy atom. The highest BCUT2D eigenvalue weighted by molar-refractivity contribution is 5.66. The van der Waals surface area contributed by atoms with Gasteiger partial charge in [-0.25, -0.2) is 4.98 Å². The van der Waals surface area contributed by atoms with Crippen LogP contribution in [0.3, 0.4) is 0 Å². The van der Waals surface area contributed by atoms with E-state index in [0.29, 0.717) is 5.69 Å². The molecule has 0 aliphatic carbocycles. The summed E-state index contributed by atoms with van der Waals surface area (Å²) in [6.45, 7) is 7.49. The Labute approximate surface area is 164 Å². The van der Waals surface area contributed by atoms with Gasteiger partial charge in [0.2, 0.25) is 0 Å². The molecule has 1 heterocycles. The van der Waals surface area contributed by atoms with E-state index in [-0.39, 0.29) is 11.8 Å². The van der Waals surface area contributed by atoms with Crippen molar-refractivity contribution in [2.75, 3.05) is 11.9 Å². The summed E-state index contributed by atoms with van der Waals surface area (Å²) in [7, 11) is 1.59. The summed E-state index contributed by atoms with van der Waals surface area (Å²) >= 11 is 0. The highest BCUT2D eigenvalue weighted by atomic mass is 19.4. The number of hydrogen-bond donors (Lipinski definition) is 0. The lowest BCUT2D eigenvalue weighted by Gasteiger charge is -2.26. The first-order valence-electron chi connectivity index (χ1n) is 9.48. The number of benzene rings is 1. The van der Waals surface area contributed by atoms with Crippen molar-refractivity contribution in [3.8, 4) is 6.01 Å². The zero-order valence-electron chi connectivity index (χ0n) is 17.1. The largest absolute Gasteiger partial charge is 0.458 e. The molecule has 7 heteroatoms. The minimum atomic E-state index is -4.57. The van der Waals surface area contributed by atoms with E-state index < -0.39 is 17.3 Å². The quantitative estimate of drug-likeness (QED) is 0.525. The maximum atomic E-state index is 13.6. The molecule has 0 radical (unpaired) electrons. The fraction of sp³-hybridized carbons (Fsp3) is 0.524. The molecule has 154 valence electrons. The number of rotatable bonds is 7. The van der Waals surface area contributed by atoms with E-state index in [4.69, 9.17) is 4.74 Å². The molecule has 0 spiro atoms. The normalized spacial score (nSPS) is 12.1. The van der Waals surface area contributed by atoms with E-state index in [9.17, 15) is 13.2 Å². The second kappa shape index (κ2) is 8.80. The highest BCUT2D eigenvalue weighted by Gasteiger charge is 2.37. The third-order valence-electron chi connectivity index (χ3n) is 4.17. The summed E-state index contributed by atoms with van der Waals surface area (Å²) in [5, 5.41) is 0. The number of hydrogen-bond acceptors (Lipinski definition) is 4. The first-order chi connectivity index (χ1) is 13.0. The fourth-order valence-corrected chi connectivity index (χ4v) is 2.86. The summed E-state index contributed by atoms with van der Waals surface area (Å²) in [5.74, 6) is -0.218. The van der Waals surface area contributed by atoms with Crippen molar-refractivity contribution in [2.24, 2.45) is 0 Å². The van der Waals surface area contributed by atoms with Gasteiger partial charge in [0.15, 0.2) is 5.82 Å². The van der Waals surface area contributed by atoms with Gasteiger partial charge in [-0.2, -0.15) is 18.2 Å². The third-order valence-corrected chi connectivity index (χ3v) is 4.17. The first kappa shape index (κ1) is 22.0. The van der Waals surface area contributed by atoms with Gasteiger partial charge in [-0.05, 0) is 45.2 Å². The van der Waals surface area contributed by atoms with E-state index >= 15 is 0 Å². The molecule has 1 aromatic heterocycles. The molecule has 2 aromatic rings. The molecule has 0 bridgehead atoms. The summed E-state index contributed by atoms with van der Waals surface area (Å²) in [5.41, 5.74) is 0.181. The number of ether oxygens (including phenoxy) is 1. The molecule has 0 saturated heterocycles. The molecule has 4 nitrogen and oxygen atoms in total. The van der Waals surface area contributed by atoms with Gasteiger partial charge in [0.1, 0.15) is 11.2 Å². The monoisotopic (exact) mass is 395 g/mol. The van der Waals surface area contributed by atoms with Gasteiger partial charge in [-0.15, -0.1) is 0 Å². The maximum absolute atomic E-state index is 13.6. The number of para-hydroxylation sites is 1. The first-order valence-corrected chi connectivity index (χ1v) is 9.48. The van der Waals surface area contributed by atoms with E-state index in [1.165, 1.54) is 4.90 Å². The topological polar surface area (TPSA) is 38.2 Å². The van der Waals surface area contributed by atoms with Crippen molar-refractivity contribution in [1.29, 1.82) is 0 Å². The molecule has 0 N–H and O–H groups in total. The van der Waals surface area contributed by atoms with E-state index in [2.05, 4.69) is 16.9 Å². The van der Waals surface area contributed by atoms with Gasteiger partial charge in [-0.1, -0.05) is 38.0 Å². The number of aryl methyl sites for hydroxylation is 1. The van der Waals surface area contributed by atoms with Crippen molar-refractivity contribution >= 4 is 11.5 Å². The van der Waals surface area contributed by atoms with Crippen LogP contribution >= 0.6 is 0 Å². The average Bonchev–Trinajstić information content (AvgIpc) is 2.59. The van der Waals surface area contributed by atoms with Crippen LogP contribution in [0.25, 0.3) is 0 Å². The molecule has 2 rings (SSSR count). The highest BCUT2D eigenvalue weighted by Crippen LogP contribution is 2.39. The number of anilines is 2. The number of alkyl halides is 3. The zero-order valence-corrected chi connectivity index (χ0v) is 17.1. The zero-order chi connectivity index (χ0) is 20.9. The summed E-state index contributed by atoms with van der Waals surface area (Å²) in [4.78, 5) is 9.35. The van der Waals surface area contributed by atoms with Crippen LogP contribution in [-0.4, -0.2) is 22.6 Å². The van der Waals surface area contributed by atoms with Crippen LogP contribution in [0, 0.1) is 0 Å². The molecule has 0 saturated carbocycles. The Morgan fingerprint density at radius 2 is 1.75 bits per heavy atom. The van der Waals surface area contributed by atoms with Crippen LogP contribution in [0.4, 0.5) is 24.7 Å². The number of unbranched alkanes of at least 4 members (excludes halogenated alkanes) is 2. The smallest absolute Gasteiger partial charge is 0.421 e. The van der Waals surface area contributed by atoms with Crippen LogP contribution in [-0.2, 0) is 12.6 Å². The van der Waals surface area contributed by atoms with Crippen molar-refractivity contribution in [3.63, 3.8) is 0 Å². The lowest BCUT2D eigenvalue weighted by Crippen LogP contribution is -2.26.